The third kappa shape index (κ3) is 10.6. The van der Waals surface area contributed by atoms with E-state index >= 15 is 0 Å². The summed E-state index contributed by atoms with van der Waals surface area (Å²) >= 11 is 0. The zero-order chi connectivity index (χ0) is 23.2. The maximum absolute atomic E-state index is 12.3. The van der Waals surface area contributed by atoms with Gasteiger partial charge in [-0.3, -0.25) is 0 Å². The second-order valence-corrected chi connectivity index (χ2v) is 7.61. The Labute approximate surface area is 187 Å². The molecule has 0 saturated heterocycles. The monoisotopic (exact) mass is 452 g/mol. The number of esters is 1. The van der Waals surface area contributed by atoms with Crippen molar-refractivity contribution in [3.63, 3.8) is 0 Å². The standard InChI is InChI=1S/C25H31F3O4/c1-2-3-4-5-6-7-8-9-18-30-21-12-10-20(11-13-21)24(29)32-23-16-14-22(15-17-23)31-19-25(26,27)28/h10-17H,2-9,18-19H2,1H3. The first-order valence-corrected chi connectivity index (χ1v) is 11.1. The molecule has 0 amide bonds. The average Bonchev–Trinajstić information content (AvgIpc) is 2.77. The van der Waals surface area contributed by atoms with Gasteiger partial charge in [0, 0.05) is 0 Å². The predicted molar refractivity (Wildman–Crippen MR) is 117 cm³/mol. The first-order chi connectivity index (χ1) is 15.4. The van der Waals surface area contributed by atoms with Gasteiger partial charge in [-0.2, -0.15) is 13.2 Å². The fourth-order valence-electron chi connectivity index (χ4n) is 3.05. The van der Waals surface area contributed by atoms with Gasteiger partial charge in [0.2, 0.25) is 0 Å². The van der Waals surface area contributed by atoms with Crippen molar-refractivity contribution in [1.29, 1.82) is 0 Å². The largest absolute Gasteiger partial charge is 0.494 e. The lowest BCUT2D eigenvalue weighted by Crippen LogP contribution is -2.19. The summed E-state index contributed by atoms with van der Waals surface area (Å²) in [6, 6.07) is 12.1. The first-order valence-electron chi connectivity index (χ1n) is 11.1. The van der Waals surface area contributed by atoms with Gasteiger partial charge in [-0.15, -0.1) is 0 Å². The van der Waals surface area contributed by atoms with E-state index in [0.29, 0.717) is 17.9 Å². The molecule has 0 unspecified atom stereocenters. The van der Waals surface area contributed by atoms with Crippen LogP contribution in [-0.4, -0.2) is 25.4 Å². The van der Waals surface area contributed by atoms with Crippen LogP contribution >= 0.6 is 0 Å². The Hall–Kier alpha value is -2.70. The van der Waals surface area contributed by atoms with Gasteiger partial charge >= 0.3 is 12.1 Å². The second kappa shape index (κ2) is 13.7. The van der Waals surface area contributed by atoms with E-state index in [1.54, 1.807) is 24.3 Å². The Morgan fingerprint density at radius 1 is 0.719 bits per heavy atom. The number of ether oxygens (including phenoxy) is 3. The van der Waals surface area contributed by atoms with Crippen LogP contribution in [-0.2, 0) is 0 Å². The van der Waals surface area contributed by atoms with E-state index in [0.717, 1.165) is 12.8 Å². The number of alkyl halides is 3. The Balaban J connectivity index is 1.68. The molecule has 7 heteroatoms. The Bertz CT molecular complexity index is 786. The van der Waals surface area contributed by atoms with Crippen LogP contribution < -0.4 is 14.2 Å². The van der Waals surface area contributed by atoms with Gasteiger partial charge in [-0.25, -0.2) is 4.79 Å². The van der Waals surface area contributed by atoms with Crippen molar-refractivity contribution in [2.75, 3.05) is 13.2 Å². The van der Waals surface area contributed by atoms with Gasteiger partial charge in [-0.05, 0) is 55.0 Å². The Kier molecular flexibility index (Phi) is 10.9. The molecule has 0 fully saturated rings. The van der Waals surface area contributed by atoms with E-state index in [2.05, 4.69) is 11.7 Å². The molecule has 0 aromatic heterocycles. The van der Waals surface area contributed by atoms with Crippen LogP contribution in [0.1, 0.15) is 68.6 Å². The number of rotatable bonds is 14. The fourth-order valence-corrected chi connectivity index (χ4v) is 3.05. The molecule has 0 bridgehead atoms. The lowest BCUT2D eigenvalue weighted by Gasteiger charge is -2.10. The topological polar surface area (TPSA) is 44.8 Å². The van der Waals surface area contributed by atoms with Crippen molar-refractivity contribution < 1.29 is 32.2 Å². The minimum absolute atomic E-state index is 0.0418. The van der Waals surface area contributed by atoms with Crippen molar-refractivity contribution in [3.05, 3.63) is 54.1 Å². The fraction of sp³-hybridized carbons (Fsp3) is 0.480. The van der Waals surface area contributed by atoms with E-state index in [1.807, 2.05) is 0 Å². The Morgan fingerprint density at radius 3 is 1.81 bits per heavy atom. The molecule has 0 spiro atoms. The van der Waals surface area contributed by atoms with Crippen LogP contribution in [0.15, 0.2) is 48.5 Å². The van der Waals surface area contributed by atoms with Crippen LogP contribution in [0.3, 0.4) is 0 Å². The van der Waals surface area contributed by atoms with Crippen molar-refractivity contribution >= 4 is 5.97 Å². The summed E-state index contributed by atoms with van der Waals surface area (Å²) in [6.07, 6.45) is 5.46. The molecule has 4 nitrogen and oxygen atoms in total. The first kappa shape index (κ1) is 25.6. The number of halogens is 3. The van der Waals surface area contributed by atoms with Crippen LogP contribution in [0.5, 0.6) is 17.2 Å². The third-order valence-corrected chi connectivity index (χ3v) is 4.79. The molecule has 176 valence electrons. The Morgan fingerprint density at radius 2 is 1.22 bits per heavy atom. The summed E-state index contributed by atoms with van der Waals surface area (Å²) in [6.45, 7) is 1.48. The maximum atomic E-state index is 12.3. The molecule has 0 radical (unpaired) electrons. The van der Waals surface area contributed by atoms with Crippen LogP contribution in [0.25, 0.3) is 0 Å². The molecular weight excluding hydrogens is 421 g/mol. The average molecular weight is 453 g/mol. The highest BCUT2D eigenvalue weighted by molar-refractivity contribution is 5.91. The highest BCUT2D eigenvalue weighted by Gasteiger charge is 2.28. The molecule has 32 heavy (non-hydrogen) atoms. The number of benzene rings is 2. The predicted octanol–water partition coefficient (Wildman–Crippen LogP) is 7.37. The SMILES string of the molecule is CCCCCCCCCCOc1ccc(C(=O)Oc2ccc(OCC(F)(F)F)cc2)cc1. The van der Waals surface area contributed by atoms with E-state index < -0.39 is 18.8 Å². The molecule has 2 aromatic rings. The van der Waals surface area contributed by atoms with E-state index in [9.17, 15) is 18.0 Å². The van der Waals surface area contributed by atoms with Crippen molar-refractivity contribution in [1.82, 2.24) is 0 Å². The van der Waals surface area contributed by atoms with Gasteiger partial charge in [-0.1, -0.05) is 51.9 Å². The summed E-state index contributed by atoms with van der Waals surface area (Å²) in [5.41, 5.74) is 0.349. The molecule has 0 saturated carbocycles. The van der Waals surface area contributed by atoms with E-state index in [-0.39, 0.29) is 11.5 Å². The van der Waals surface area contributed by atoms with E-state index in [1.165, 1.54) is 62.8 Å². The summed E-state index contributed by atoms with van der Waals surface area (Å²) in [7, 11) is 0. The molecule has 2 aromatic carbocycles. The van der Waals surface area contributed by atoms with Crippen LogP contribution in [0.4, 0.5) is 13.2 Å². The quantitative estimate of drug-likeness (QED) is 0.171. The minimum atomic E-state index is -4.41. The number of carbonyl (C=O) groups excluding carboxylic acids is 1. The third-order valence-electron chi connectivity index (χ3n) is 4.79. The van der Waals surface area contributed by atoms with Crippen LogP contribution in [0.2, 0.25) is 0 Å². The van der Waals surface area contributed by atoms with Gasteiger partial charge < -0.3 is 14.2 Å². The van der Waals surface area contributed by atoms with Crippen molar-refractivity contribution in [2.24, 2.45) is 0 Å². The summed E-state index contributed by atoms with van der Waals surface area (Å²) in [5, 5.41) is 0. The van der Waals surface area contributed by atoms with Crippen molar-refractivity contribution in [2.45, 2.75) is 64.5 Å². The van der Waals surface area contributed by atoms with E-state index in [4.69, 9.17) is 9.47 Å². The summed E-state index contributed by atoms with van der Waals surface area (Å²) in [5.74, 6) is 0.378. The normalized spacial score (nSPS) is 11.2. The smallest absolute Gasteiger partial charge is 0.422 e. The zero-order valence-electron chi connectivity index (χ0n) is 18.5. The molecule has 0 aliphatic carbocycles. The van der Waals surface area contributed by atoms with Crippen LogP contribution in [0, 0.1) is 0 Å². The molecular formula is C25H31F3O4. The summed E-state index contributed by atoms with van der Waals surface area (Å²) in [4.78, 5) is 12.3. The van der Waals surface area contributed by atoms with Gasteiger partial charge in [0.25, 0.3) is 0 Å². The highest BCUT2D eigenvalue weighted by atomic mass is 19.4. The molecule has 0 aliphatic heterocycles. The molecule has 2 rings (SSSR count). The van der Waals surface area contributed by atoms with Crippen molar-refractivity contribution in [3.8, 4) is 17.2 Å². The summed E-state index contributed by atoms with van der Waals surface area (Å²) < 4.78 is 52.1. The zero-order valence-corrected chi connectivity index (χ0v) is 18.5. The number of carbonyl (C=O) groups is 1. The second-order valence-electron chi connectivity index (χ2n) is 7.61. The molecule has 0 atom stereocenters. The van der Waals surface area contributed by atoms with Gasteiger partial charge in [0.05, 0.1) is 12.2 Å². The molecule has 0 aliphatic rings. The number of hydrogen-bond donors (Lipinski definition) is 0. The molecule has 0 N–H and O–H groups in total. The minimum Gasteiger partial charge on any atom is -0.494 e. The number of unbranched alkanes of at least 4 members (excludes halogenated alkanes) is 7. The maximum Gasteiger partial charge on any atom is 0.422 e. The number of hydrogen-bond acceptors (Lipinski definition) is 4. The lowest BCUT2D eigenvalue weighted by atomic mass is 10.1. The highest BCUT2D eigenvalue weighted by Crippen LogP contribution is 2.22. The van der Waals surface area contributed by atoms with Gasteiger partial charge in [0.1, 0.15) is 17.2 Å². The molecule has 0 heterocycles. The lowest BCUT2D eigenvalue weighted by molar-refractivity contribution is -0.153. The van der Waals surface area contributed by atoms with Gasteiger partial charge in [0.15, 0.2) is 6.61 Å².